The van der Waals surface area contributed by atoms with Gasteiger partial charge in [0.2, 0.25) is 0 Å². The van der Waals surface area contributed by atoms with E-state index in [-0.39, 0.29) is 0 Å². The van der Waals surface area contributed by atoms with Crippen LogP contribution in [0, 0.1) is 23.7 Å². The lowest BCUT2D eigenvalue weighted by molar-refractivity contribution is 0.163. The highest BCUT2D eigenvalue weighted by Crippen LogP contribution is 2.51. The number of allylic oxidation sites excluding steroid dienone is 1. The Labute approximate surface area is 170 Å². The Morgan fingerprint density at radius 3 is 2.14 bits per heavy atom. The molecule has 4 rings (SSSR count). The van der Waals surface area contributed by atoms with E-state index in [0.29, 0.717) is 11.8 Å². The predicted octanol–water partition coefficient (Wildman–Crippen LogP) is 7.23. The lowest BCUT2D eigenvalue weighted by Gasteiger charge is -2.44. The van der Waals surface area contributed by atoms with Crippen molar-refractivity contribution in [3.05, 3.63) is 77.4 Å². The number of hydrogen-bond donors (Lipinski definition) is 0. The van der Waals surface area contributed by atoms with Crippen molar-refractivity contribution in [3.8, 4) is 5.75 Å². The van der Waals surface area contributed by atoms with Crippen molar-refractivity contribution in [2.45, 2.75) is 39.5 Å². The third-order valence-electron chi connectivity index (χ3n) is 6.80. The van der Waals surface area contributed by atoms with Gasteiger partial charge in [-0.1, -0.05) is 68.5 Å². The summed E-state index contributed by atoms with van der Waals surface area (Å²) in [6.07, 6.45) is 7.37. The van der Waals surface area contributed by atoms with E-state index in [1.165, 1.54) is 47.9 Å². The number of ether oxygens (including phenoxy) is 1. The van der Waals surface area contributed by atoms with Crippen LogP contribution in [-0.4, -0.2) is 7.11 Å². The van der Waals surface area contributed by atoms with Crippen LogP contribution in [0.5, 0.6) is 5.75 Å². The van der Waals surface area contributed by atoms with Crippen LogP contribution in [0.2, 0.25) is 0 Å². The van der Waals surface area contributed by atoms with Crippen LogP contribution in [0.1, 0.15) is 56.2 Å². The third-order valence-corrected chi connectivity index (χ3v) is 6.80. The molecule has 2 aliphatic carbocycles. The van der Waals surface area contributed by atoms with Gasteiger partial charge in [-0.05, 0) is 83.8 Å². The van der Waals surface area contributed by atoms with Gasteiger partial charge < -0.3 is 4.74 Å². The molecular formula is C27H32O. The van der Waals surface area contributed by atoms with Gasteiger partial charge in [0.25, 0.3) is 0 Å². The molecule has 2 saturated carbocycles. The molecule has 2 aromatic carbocycles. The predicted molar refractivity (Wildman–Crippen MR) is 119 cm³/mol. The zero-order valence-electron chi connectivity index (χ0n) is 17.4. The van der Waals surface area contributed by atoms with Gasteiger partial charge in [0, 0.05) is 0 Å². The number of hydrogen-bond acceptors (Lipinski definition) is 1. The van der Waals surface area contributed by atoms with Crippen LogP contribution in [0.4, 0.5) is 0 Å². The Morgan fingerprint density at radius 2 is 1.54 bits per heavy atom. The second kappa shape index (κ2) is 7.99. The van der Waals surface area contributed by atoms with Crippen LogP contribution in [0.15, 0.2) is 60.7 Å². The summed E-state index contributed by atoms with van der Waals surface area (Å²) in [4.78, 5) is 0. The Morgan fingerprint density at radius 1 is 0.893 bits per heavy atom. The summed E-state index contributed by atoms with van der Waals surface area (Å²) < 4.78 is 5.40. The van der Waals surface area contributed by atoms with E-state index in [2.05, 4.69) is 69.0 Å². The van der Waals surface area contributed by atoms with Gasteiger partial charge in [-0.3, -0.25) is 0 Å². The summed E-state index contributed by atoms with van der Waals surface area (Å²) in [6, 6.07) is 17.6. The maximum atomic E-state index is 5.40. The quantitative estimate of drug-likeness (QED) is 0.550. The van der Waals surface area contributed by atoms with E-state index in [9.17, 15) is 0 Å². The zero-order chi connectivity index (χ0) is 19.7. The smallest absolute Gasteiger partial charge is 0.118 e. The van der Waals surface area contributed by atoms with Gasteiger partial charge in [-0.25, -0.2) is 0 Å². The summed E-state index contributed by atoms with van der Waals surface area (Å²) in [6.45, 7) is 8.80. The van der Waals surface area contributed by atoms with Gasteiger partial charge in [-0.15, -0.1) is 0 Å². The topological polar surface area (TPSA) is 9.23 Å². The highest BCUT2D eigenvalue weighted by molar-refractivity contribution is 5.83. The standard InChI is InChI=1S/C27H32O/c1-5-20-6-8-22(9-7-20)27(23-10-12-25(28-4)13-11-23)26-19(3)16-21-14-18(2)15-24(26)17-21/h5-13,18-19,21,24H,1,14-17H2,2-4H3/b27-26-. The average Bonchev–Trinajstić information content (AvgIpc) is 2.71. The zero-order valence-corrected chi connectivity index (χ0v) is 17.4. The second-order valence-corrected chi connectivity index (χ2v) is 8.90. The van der Waals surface area contributed by atoms with Crippen molar-refractivity contribution in [1.82, 2.24) is 0 Å². The monoisotopic (exact) mass is 372 g/mol. The number of rotatable bonds is 4. The van der Waals surface area contributed by atoms with Gasteiger partial charge in [-0.2, -0.15) is 0 Å². The van der Waals surface area contributed by atoms with E-state index in [4.69, 9.17) is 4.74 Å². The summed E-state index contributed by atoms with van der Waals surface area (Å²) in [5, 5.41) is 0. The molecule has 0 saturated heterocycles. The van der Waals surface area contributed by atoms with E-state index in [0.717, 1.165) is 17.6 Å². The molecular weight excluding hydrogens is 340 g/mol. The first-order valence-electron chi connectivity index (χ1n) is 10.7. The minimum absolute atomic E-state index is 0.646. The Bertz CT molecular complexity index is 852. The first kappa shape index (κ1) is 19.1. The molecule has 0 N–H and O–H groups in total. The normalized spacial score (nSPS) is 28.5. The van der Waals surface area contributed by atoms with Crippen LogP contribution in [-0.2, 0) is 0 Å². The van der Waals surface area contributed by atoms with Crippen molar-refractivity contribution in [1.29, 1.82) is 0 Å². The summed E-state index contributed by atoms with van der Waals surface area (Å²) >= 11 is 0. The van der Waals surface area contributed by atoms with Crippen LogP contribution < -0.4 is 4.74 Å². The van der Waals surface area contributed by atoms with Crippen molar-refractivity contribution >= 4 is 11.6 Å². The van der Waals surface area contributed by atoms with E-state index >= 15 is 0 Å². The molecule has 0 heterocycles. The van der Waals surface area contributed by atoms with E-state index in [1.807, 2.05) is 6.08 Å². The van der Waals surface area contributed by atoms with Crippen LogP contribution >= 0.6 is 0 Å². The molecule has 2 fully saturated rings. The summed E-state index contributed by atoms with van der Waals surface area (Å²) in [7, 11) is 1.73. The second-order valence-electron chi connectivity index (χ2n) is 8.90. The van der Waals surface area contributed by atoms with Gasteiger partial charge in [0.1, 0.15) is 5.75 Å². The Hall–Kier alpha value is -2.28. The molecule has 0 aromatic heterocycles. The first-order valence-corrected chi connectivity index (χ1v) is 10.7. The molecule has 0 radical (unpaired) electrons. The molecule has 4 unspecified atom stereocenters. The van der Waals surface area contributed by atoms with Gasteiger partial charge in [0.05, 0.1) is 7.11 Å². The van der Waals surface area contributed by atoms with E-state index in [1.54, 1.807) is 12.7 Å². The maximum Gasteiger partial charge on any atom is 0.118 e. The van der Waals surface area contributed by atoms with Gasteiger partial charge >= 0.3 is 0 Å². The van der Waals surface area contributed by atoms with Crippen molar-refractivity contribution in [3.63, 3.8) is 0 Å². The highest BCUT2D eigenvalue weighted by atomic mass is 16.5. The molecule has 0 amide bonds. The van der Waals surface area contributed by atoms with E-state index < -0.39 is 0 Å². The third kappa shape index (κ3) is 3.68. The lowest BCUT2D eigenvalue weighted by Crippen LogP contribution is -2.32. The molecule has 1 nitrogen and oxygen atoms in total. The molecule has 28 heavy (non-hydrogen) atoms. The largest absolute Gasteiger partial charge is 0.497 e. The Balaban J connectivity index is 1.87. The molecule has 0 aliphatic heterocycles. The maximum absolute atomic E-state index is 5.40. The van der Waals surface area contributed by atoms with Crippen molar-refractivity contribution < 1.29 is 4.74 Å². The van der Waals surface area contributed by atoms with Crippen molar-refractivity contribution in [2.75, 3.05) is 7.11 Å². The molecule has 1 heteroatoms. The Kier molecular flexibility index (Phi) is 5.44. The molecule has 4 atom stereocenters. The van der Waals surface area contributed by atoms with Gasteiger partial charge in [0.15, 0.2) is 0 Å². The van der Waals surface area contributed by atoms with Crippen LogP contribution in [0.25, 0.3) is 11.6 Å². The fraction of sp³-hybridized carbons (Fsp3) is 0.407. The number of benzene rings is 2. The van der Waals surface area contributed by atoms with Crippen LogP contribution in [0.3, 0.4) is 0 Å². The fourth-order valence-electron chi connectivity index (χ4n) is 5.72. The summed E-state index contributed by atoms with van der Waals surface area (Å²) in [5.41, 5.74) is 6.94. The minimum Gasteiger partial charge on any atom is -0.497 e. The molecule has 0 spiro atoms. The molecule has 146 valence electrons. The molecule has 2 aromatic rings. The first-order chi connectivity index (χ1) is 13.6. The number of fused-ring (bicyclic) bond motifs is 2. The fourth-order valence-corrected chi connectivity index (χ4v) is 5.72. The SMILES string of the molecule is C=Cc1ccc(/C(=C2\C(C)CC3CC(C)CC2C3)c2ccc(OC)cc2)cc1. The average molecular weight is 373 g/mol. The summed E-state index contributed by atoms with van der Waals surface area (Å²) in [5.74, 6) is 4.03. The highest BCUT2D eigenvalue weighted by Gasteiger charge is 2.38. The number of methoxy groups -OCH3 is 1. The lowest BCUT2D eigenvalue weighted by atomic mass is 9.61. The minimum atomic E-state index is 0.646. The molecule has 2 bridgehead atoms. The van der Waals surface area contributed by atoms with Crippen molar-refractivity contribution in [2.24, 2.45) is 23.7 Å². The molecule has 2 aliphatic rings.